The lowest BCUT2D eigenvalue weighted by molar-refractivity contribution is 0.357. The average Bonchev–Trinajstić information content (AvgIpc) is 2.01. The van der Waals surface area contributed by atoms with E-state index in [-0.39, 0.29) is 0 Å². The van der Waals surface area contributed by atoms with Crippen LogP contribution in [0.2, 0.25) is 19.6 Å². The molecule has 80 valence electrons. The molecule has 0 aliphatic carbocycles. The highest BCUT2D eigenvalue weighted by Crippen LogP contribution is 2.00. The van der Waals surface area contributed by atoms with Gasteiger partial charge in [0.05, 0.1) is 0 Å². The van der Waals surface area contributed by atoms with Crippen LogP contribution in [0.3, 0.4) is 0 Å². The fraction of sp³-hybridized carbons (Fsp3) is 1.00. The van der Waals surface area contributed by atoms with Crippen LogP contribution in [-0.2, 0) is 16.8 Å². The molecule has 0 spiro atoms. The maximum absolute atomic E-state index is 5.67. The normalized spacial score (nSPS) is 15.0. The van der Waals surface area contributed by atoms with Gasteiger partial charge in [0.1, 0.15) is 10.5 Å². The summed E-state index contributed by atoms with van der Waals surface area (Å²) in [5.74, 6) is 0. The molecule has 0 atom stereocenters. The van der Waals surface area contributed by atoms with Crippen LogP contribution < -0.4 is 0 Å². The minimum atomic E-state index is -1.31. The van der Waals surface area contributed by atoms with E-state index < -0.39 is 38.1 Å². The van der Waals surface area contributed by atoms with Crippen LogP contribution in [0.4, 0.5) is 0 Å². The molecule has 0 amide bonds. The molecule has 4 nitrogen and oxygen atoms in total. The predicted octanol–water partition coefficient (Wildman–Crippen LogP) is -2.79. The average molecular weight is 273 g/mol. The predicted molar refractivity (Wildman–Crippen MR) is 68.1 cm³/mol. The Hall–Kier alpha value is 0.924. The third-order valence-corrected chi connectivity index (χ3v) is 7.08. The molecular weight excluding hydrogens is 252 g/mol. The van der Waals surface area contributed by atoms with E-state index in [2.05, 4.69) is 19.6 Å². The molecular formula is C4H20O4Si5. The standard InChI is InChI=1S/C4H20O4Si5/c1-13(2,3)5-4-10-7-12-8-11-6-9/h4,10-12H2,1-3,9H3. The second-order valence-corrected chi connectivity index (χ2v) is 15.0. The zero-order chi connectivity index (χ0) is 10.2. The van der Waals surface area contributed by atoms with Crippen molar-refractivity contribution in [3.8, 4) is 0 Å². The van der Waals surface area contributed by atoms with Crippen LogP contribution >= 0.6 is 0 Å². The molecule has 0 fully saturated rings. The molecule has 0 aromatic carbocycles. The van der Waals surface area contributed by atoms with E-state index in [0.29, 0.717) is 0 Å². The summed E-state index contributed by atoms with van der Waals surface area (Å²) in [7, 11) is -2.34. The molecule has 0 unspecified atom stereocenters. The van der Waals surface area contributed by atoms with Gasteiger partial charge >= 0.3 is 0 Å². The van der Waals surface area contributed by atoms with Crippen LogP contribution in [-0.4, -0.2) is 54.8 Å². The Kier molecular flexibility index (Phi) is 8.84. The van der Waals surface area contributed by atoms with Crippen LogP contribution in [0.15, 0.2) is 0 Å². The number of hydrogen-bond acceptors (Lipinski definition) is 4. The van der Waals surface area contributed by atoms with E-state index in [4.69, 9.17) is 16.8 Å². The van der Waals surface area contributed by atoms with Gasteiger partial charge in [-0.25, -0.2) is 0 Å². The minimum Gasteiger partial charge on any atom is -0.449 e. The Morgan fingerprint density at radius 2 is 1.85 bits per heavy atom. The van der Waals surface area contributed by atoms with Crippen molar-refractivity contribution in [1.29, 1.82) is 0 Å². The summed E-state index contributed by atoms with van der Waals surface area (Å²) in [5, 5.41) is 0. The lowest BCUT2D eigenvalue weighted by Crippen LogP contribution is -2.29. The fourth-order valence-corrected chi connectivity index (χ4v) is 8.34. The van der Waals surface area contributed by atoms with Gasteiger partial charge in [-0.05, 0) is 19.6 Å². The maximum Gasteiger partial charge on any atom is 0.284 e. The summed E-state index contributed by atoms with van der Waals surface area (Å²) in [4.78, 5) is 0. The number of hydrogen-bond donors (Lipinski definition) is 0. The van der Waals surface area contributed by atoms with Gasteiger partial charge in [0.25, 0.3) is 20.0 Å². The van der Waals surface area contributed by atoms with Crippen LogP contribution in [0.25, 0.3) is 0 Å². The molecule has 9 heteroatoms. The van der Waals surface area contributed by atoms with E-state index >= 15 is 0 Å². The number of rotatable bonds is 8. The van der Waals surface area contributed by atoms with Crippen molar-refractivity contribution in [2.75, 3.05) is 6.23 Å². The van der Waals surface area contributed by atoms with Gasteiger partial charge in [-0.1, -0.05) is 0 Å². The highest BCUT2D eigenvalue weighted by atomic mass is 28.4. The molecule has 0 radical (unpaired) electrons. The minimum absolute atomic E-state index is 0.469. The summed E-state index contributed by atoms with van der Waals surface area (Å²) in [6.45, 7) is 6.58. The van der Waals surface area contributed by atoms with Crippen molar-refractivity contribution in [3.05, 3.63) is 0 Å². The zero-order valence-corrected chi connectivity index (χ0v) is 16.2. The Morgan fingerprint density at radius 1 is 1.15 bits per heavy atom. The van der Waals surface area contributed by atoms with E-state index in [9.17, 15) is 0 Å². The van der Waals surface area contributed by atoms with Crippen LogP contribution in [0.1, 0.15) is 0 Å². The van der Waals surface area contributed by atoms with Crippen molar-refractivity contribution in [2.45, 2.75) is 19.6 Å². The van der Waals surface area contributed by atoms with Gasteiger partial charge in [0, 0.05) is 6.23 Å². The molecule has 0 rings (SSSR count). The SMILES string of the molecule is C[Si](C)(C)OC[SiH2]O[SiH2]O[SiH2]O[SiH3]. The third-order valence-electron chi connectivity index (χ3n) is 1.13. The lowest BCUT2D eigenvalue weighted by Gasteiger charge is -2.16. The van der Waals surface area contributed by atoms with Crippen molar-refractivity contribution in [1.82, 2.24) is 0 Å². The Labute approximate surface area is 91.4 Å². The van der Waals surface area contributed by atoms with Crippen molar-refractivity contribution < 1.29 is 16.8 Å². The fourth-order valence-electron chi connectivity index (χ4n) is 0.642. The molecule has 0 saturated heterocycles. The van der Waals surface area contributed by atoms with Gasteiger partial charge in [-0.2, -0.15) is 0 Å². The van der Waals surface area contributed by atoms with Gasteiger partial charge < -0.3 is 16.8 Å². The Bertz CT molecular complexity index is 118. The van der Waals surface area contributed by atoms with Gasteiger partial charge in [0.15, 0.2) is 18.1 Å². The first-order chi connectivity index (χ1) is 6.06. The van der Waals surface area contributed by atoms with Crippen molar-refractivity contribution >= 4 is 48.6 Å². The smallest absolute Gasteiger partial charge is 0.284 e. The summed E-state index contributed by atoms with van der Waals surface area (Å²) in [6, 6.07) is 0. The highest BCUT2D eigenvalue weighted by Gasteiger charge is 2.13. The topological polar surface area (TPSA) is 36.9 Å². The Morgan fingerprint density at radius 3 is 2.38 bits per heavy atom. The first-order valence-electron chi connectivity index (χ1n) is 4.34. The zero-order valence-electron chi connectivity index (χ0n) is 8.96. The van der Waals surface area contributed by atoms with Gasteiger partial charge in [-0.15, -0.1) is 0 Å². The first kappa shape index (κ1) is 13.9. The van der Waals surface area contributed by atoms with Gasteiger partial charge in [0.2, 0.25) is 0 Å². The van der Waals surface area contributed by atoms with Crippen molar-refractivity contribution in [2.24, 2.45) is 0 Å². The molecule has 0 aliphatic rings. The Balaban J connectivity index is 3.00. The second kappa shape index (κ2) is 8.25. The second-order valence-electron chi connectivity index (χ2n) is 3.60. The third kappa shape index (κ3) is 12.9. The molecule has 0 aromatic heterocycles. The van der Waals surface area contributed by atoms with Crippen LogP contribution in [0, 0.1) is 0 Å². The monoisotopic (exact) mass is 272 g/mol. The quantitative estimate of drug-likeness (QED) is 0.354. The lowest BCUT2D eigenvalue weighted by atomic mass is 11.7. The molecule has 0 aromatic rings. The first-order valence-corrected chi connectivity index (χ1v) is 12.5. The largest absolute Gasteiger partial charge is 0.449 e. The van der Waals surface area contributed by atoms with E-state index in [0.717, 1.165) is 16.7 Å². The summed E-state index contributed by atoms with van der Waals surface area (Å²) in [6.07, 6.45) is 0.843. The van der Waals surface area contributed by atoms with E-state index in [1.54, 1.807) is 0 Å². The molecule has 13 heavy (non-hydrogen) atoms. The summed E-state index contributed by atoms with van der Waals surface area (Å²) < 4.78 is 21.4. The highest BCUT2D eigenvalue weighted by molar-refractivity contribution is 6.70. The molecule has 0 heterocycles. The molecule has 0 N–H and O–H groups in total. The van der Waals surface area contributed by atoms with Crippen LogP contribution in [0.5, 0.6) is 0 Å². The van der Waals surface area contributed by atoms with E-state index in [1.165, 1.54) is 0 Å². The molecule has 0 aliphatic heterocycles. The van der Waals surface area contributed by atoms with Gasteiger partial charge in [-0.3, -0.25) is 0 Å². The molecule has 0 saturated carbocycles. The summed E-state index contributed by atoms with van der Waals surface area (Å²) >= 11 is 0. The molecule has 0 bridgehead atoms. The summed E-state index contributed by atoms with van der Waals surface area (Å²) in [5.41, 5.74) is 0. The maximum atomic E-state index is 5.67. The van der Waals surface area contributed by atoms with Crippen molar-refractivity contribution in [3.63, 3.8) is 0 Å². The van der Waals surface area contributed by atoms with E-state index in [1.807, 2.05) is 0 Å².